The van der Waals surface area contributed by atoms with Gasteiger partial charge in [0.25, 0.3) is 5.69 Å². The van der Waals surface area contributed by atoms with E-state index in [4.69, 9.17) is 5.73 Å². The number of benzene rings is 2. The van der Waals surface area contributed by atoms with E-state index in [9.17, 15) is 29.3 Å². The number of para-hydroxylation sites is 1. The highest BCUT2D eigenvalue weighted by atomic mass is 16.6. The van der Waals surface area contributed by atoms with Gasteiger partial charge in [0, 0.05) is 24.5 Å². The van der Waals surface area contributed by atoms with Crippen LogP contribution in [0.4, 0.5) is 5.69 Å². The predicted molar refractivity (Wildman–Crippen MR) is 117 cm³/mol. The highest BCUT2D eigenvalue weighted by Crippen LogP contribution is 2.19. The van der Waals surface area contributed by atoms with Gasteiger partial charge >= 0.3 is 0 Å². The van der Waals surface area contributed by atoms with Crippen molar-refractivity contribution in [1.82, 2.24) is 16.0 Å². The van der Waals surface area contributed by atoms with Crippen LogP contribution in [0, 0.1) is 10.1 Å². The fraction of sp³-hybridized carbons (Fsp3) is 0.273. The molecule has 0 radical (unpaired) electrons. The summed E-state index contributed by atoms with van der Waals surface area (Å²) in [6.45, 7) is 0. The van der Waals surface area contributed by atoms with Gasteiger partial charge in [0.05, 0.1) is 11.3 Å². The minimum Gasteiger partial charge on any atom is -0.368 e. The molecule has 0 bridgehead atoms. The molecule has 1 fully saturated rings. The molecule has 2 aromatic carbocycles. The standard InChI is InChI=1S/C22H23N5O6/c23-20(29)15(11-14-8-4-5-9-18(14)27(32)33)24-19(28)12-17-22(31)25-16(21(30)26-17)10-13-6-2-1-3-7-13/h1-9,15-17H,10-12H2,(H2,23,29)(H,24,28)(H,25,31)(H,26,30)/t15-,16+,17+/m1/s1. The first-order valence-electron chi connectivity index (χ1n) is 10.2. The summed E-state index contributed by atoms with van der Waals surface area (Å²) >= 11 is 0. The van der Waals surface area contributed by atoms with Gasteiger partial charge in [-0.1, -0.05) is 48.5 Å². The van der Waals surface area contributed by atoms with Gasteiger partial charge in [0.1, 0.15) is 18.1 Å². The SMILES string of the molecule is NC(=O)[C@@H](Cc1ccccc1[N+](=O)[O-])NC(=O)C[C@@H]1NC(=O)[C@H](Cc2ccccc2)NC1=O. The van der Waals surface area contributed by atoms with Crippen molar-refractivity contribution >= 4 is 29.3 Å². The normalized spacial score (nSPS) is 18.5. The molecular formula is C22H23N5O6. The largest absolute Gasteiger partial charge is 0.368 e. The van der Waals surface area contributed by atoms with Crippen LogP contribution in [-0.2, 0) is 32.0 Å². The highest BCUT2D eigenvalue weighted by Gasteiger charge is 2.35. The van der Waals surface area contributed by atoms with Crippen molar-refractivity contribution in [1.29, 1.82) is 0 Å². The number of piperazine rings is 1. The van der Waals surface area contributed by atoms with E-state index in [2.05, 4.69) is 16.0 Å². The second-order valence-corrected chi connectivity index (χ2v) is 7.63. The van der Waals surface area contributed by atoms with Gasteiger partial charge in [0.15, 0.2) is 0 Å². The lowest BCUT2D eigenvalue weighted by Gasteiger charge is -2.29. The summed E-state index contributed by atoms with van der Waals surface area (Å²) in [6.07, 6.45) is -0.312. The summed E-state index contributed by atoms with van der Waals surface area (Å²) in [5.74, 6) is -2.55. The predicted octanol–water partition coefficient (Wildman–Crippen LogP) is -0.277. The van der Waals surface area contributed by atoms with E-state index in [1.807, 2.05) is 30.3 Å². The maximum atomic E-state index is 12.5. The van der Waals surface area contributed by atoms with E-state index in [-0.39, 0.29) is 17.7 Å². The van der Waals surface area contributed by atoms with Gasteiger partial charge in [-0.2, -0.15) is 0 Å². The number of hydrogen-bond acceptors (Lipinski definition) is 6. The number of nitrogens with two attached hydrogens (primary N) is 1. The van der Waals surface area contributed by atoms with E-state index >= 15 is 0 Å². The number of carbonyl (C=O) groups is 4. The first-order valence-corrected chi connectivity index (χ1v) is 10.2. The Morgan fingerprint density at radius 3 is 2.27 bits per heavy atom. The summed E-state index contributed by atoms with van der Waals surface area (Å²) < 4.78 is 0. The number of rotatable bonds is 9. The van der Waals surface area contributed by atoms with Gasteiger partial charge in [-0.25, -0.2) is 0 Å². The first kappa shape index (κ1) is 23.4. The molecule has 172 valence electrons. The van der Waals surface area contributed by atoms with E-state index in [0.717, 1.165) is 5.56 Å². The van der Waals surface area contributed by atoms with Gasteiger partial charge in [0.2, 0.25) is 23.6 Å². The molecule has 2 aromatic rings. The van der Waals surface area contributed by atoms with Crippen LogP contribution in [0.3, 0.4) is 0 Å². The van der Waals surface area contributed by atoms with Crippen molar-refractivity contribution in [2.75, 3.05) is 0 Å². The quantitative estimate of drug-likeness (QED) is 0.300. The minimum atomic E-state index is -1.23. The summed E-state index contributed by atoms with van der Waals surface area (Å²) in [7, 11) is 0. The number of nitro groups is 1. The molecule has 33 heavy (non-hydrogen) atoms. The van der Waals surface area contributed by atoms with Gasteiger partial charge in [-0.15, -0.1) is 0 Å². The Balaban J connectivity index is 1.60. The third kappa shape index (κ3) is 6.12. The monoisotopic (exact) mass is 453 g/mol. The van der Waals surface area contributed by atoms with E-state index in [1.165, 1.54) is 18.2 Å². The van der Waals surface area contributed by atoms with Crippen LogP contribution in [0.25, 0.3) is 0 Å². The summed E-state index contributed by atoms with van der Waals surface area (Å²) in [5, 5.41) is 18.7. The highest BCUT2D eigenvalue weighted by molar-refractivity contribution is 5.99. The molecule has 1 aliphatic rings. The second-order valence-electron chi connectivity index (χ2n) is 7.63. The summed E-state index contributed by atoms with van der Waals surface area (Å²) in [5.41, 5.74) is 6.24. The molecule has 0 spiro atoms. The molecule has 1 aliphatic heterocycles. The average molecular weight is 453 g/mol. The third-order valence-electron chi connectivity index (χ3n) is 5.23. The van der Waals surface area contributed by atoms with Crippen molar-refractivity contribution in [3.8, 4) is 0 Å². The number of hydrogen-bond donors (Lipinski definition) is 4. The maximum absolute atomic E-state index is 12.5. The molecule has 4 amide bonds. The molecule has 1 saturated heterocycles. The summed E-state index contributed by atoms with van der Waals surface area (Å²) in [4.78, 5) is 59.7. The molecule has 1 heterocycles. The lowest BCUT2D eigenvalue weighted by Crippen LogP contribution is -2.63. The Morgan fingerprint density at radius 2 is 1.61 bits per heavy atom. The molecule has 3 rings (SSSR count). The van der Waals surface area contributed by atoms with Crippen molar-refractivity contribution in [3.63, 3.8) is 0 Å². The van der Waals surface area contributed by atoms with Crippen molar-refractivity contribution in [2.45, 2.75) is 37.4 Å². The van der Waals surface area contributed by atoms with E-state index in [1.54, 1.807) is 6.07 Å². The van der Waals surface area contributed by atoms with Crippen LogP contribution in [0.2, 0.25) is 0 Å². The second kappa shape index (κ2) is 10.4. The number of nitrogens with one attached hydrogen (secondary N) is 3. The molecule has 3 atom stereocenters. The molecule has 0 aliphatic carbocycles. The maximum Gasteiger partial charge on any atom is 0.272 e. The van der Waals surface area contributed by atoms with Gasteiger partial charge in [-0.05, 0) is 5.56 Å². The molecule has 5 N–H and O–H groups in total. The minimum absolute atomic E-state index is 0.194. The Bertz CT molecular complexity index is 1070. The molecule has 11 nitrogen and oxygen atoms in total. The van der Waals surface area contributed by atoms with Crippen molar-refractivity contribution < 1.29 is 24.1 Å². The number of primary amides is 1. The molecule has 0 aromatic heterocycles. The zero-order chi connectivity index (χ0) is 24.0. The average Bonchev–Trinajstić information content (AvgIpc) is 2.77. The topological polar surface area (TPSA) is 174 Å². The lowest BCUT2D eigenvalue weighted by atomic mass is 10.00. The number of carbonyl (C=O) groups excluding carboxylic acids is 4. The first-order chi connectivity index (χ1) is 15.7. The smallest absolute Gasteiger partial charge is 0.272 e. The molecular weight excluding hydrogens is 430 g/mol. The Hall–Kier alpha value is -4.28. The van der Waals surface area contributed by atoms with Crippen molar-refractivity contribution in [2.24, 2.45) is 5.73 Å². The van der Waals surface area contributed by atoms with Crippen LogP contribution in [0.15, 0.2) is 54.6 Å². The van der Waals surface area contributed by atoms with Gasteiger partial charge < -0.3 is 21.7 Å². The van der Waals surface area contributed by atoms with Crippen LogP contribution in [0.5, 0.6) is 0 Å². The van der Waals surface area contributed by atoms with Gasteiger partial charge in [-0.3, -0.25) is 29.3 Å². The number of nitrogens with zero attached hydrogens (tertiary/aromatic N) is 1. The fourth-order valence-corrected chi connectivity index (χ4v) is 3.56. The van der Waals surface area contributed by atoms with Crippen LogP contribution in [0.1, 0.15) is 17.5 Å². The fourth-order valence-electron chi connectivity index (χ4n) is 3.56. The van der Waals surface area contributed by atoms with E-state index in [0.29, 0.717) is 6.42 Å². The molecule has 11 heteroatoms. The molecule has 0 saturated carbocycles. The van der Waals surface area contributed by atoms with Crippen molar-refractivity contribution in [3.05, 3.63) is 75.8 Å². The van der Waals surface area contributed by atoms with E-state index < -0.39 is 53.1 Å². The van der Waals surface area contributed by atoms with Crippen LogP contribution < -0.4 is 21.7 Å². The lowest BCUT2D eigenvalue weighted by molar-refractivity contribution is -0.385. The van der Waals surface area contributed by atoms with Crippen LogP contribution >= 0.6 is 0 Å². The Morgan fingerprint density at radius 1 is 1.00 bits per heavy atom. The Labute approximate surface area is 188 Å². The van der Waals surface area contributed by atoms with Crippen LogP contribution in [-0.4, -0.2) is 46.7 Å². The molecule has 0 unspecified atom stereocenters. The third-order valence-corrected chi connectivity index (χ3v) is 5.23. The summed E-state index contributed by atoms with van der Waals surface area (Å²) in [6, 6.07) is 11.8. The number of amides is 4. The number of nitro benzene ring substituents is 1. The zero-order valence-corrected chi connectivity index (χ0v) is 17.5. The zero-order valence-electron chi connectivity index (χ0n) is 17.5. The Kier molecular flexibility index (Phi) is 7.34.